The summed E-state index contributed by atoms with van der Waals surface area (Å²) >= 11 is 6.27. The molecule has 0 amide bonds. The summed E-state index contributed by atoms with van der Waals surface area (Å²) in [6.07, 6.45) is 7.71. The van der Waals surface area contributed by atoms with Gasteiger partial charge in [0.2, 0.25) is 0 Å². The van der Waals surface area contributed by atoms with Crippen molar-refractivity contribution in [1.82, 2.24) is 0 Å². The van der Waals surface area contributed by atoms with Gasteiger partial charge in [-0.3, -0.25) is 0 Å². The zero-order chi connectivity index (χ0) is 8.81. The first kappa shape index (κ1) is 10.3. The lowest BCUT2D eigenvalue weighted by Crippen LogP contribution is -2.11. The van der Waals surface area contributed by atoms with Gasteiger partial charge in [-0.1, -0.05) is 12.8 Å². The molecule has 0 heterocycles. The molecule has 0 aliphatic heterocycles. The predicted octanol–water partition coefficient (Wildman–Crippen LogP) is 3.21. The Labute approximate surface area is 80.4 Å². The third-order valence-corrected chi connectivity index (χ3v) is 3.31. The normalized spacial score (nSPS) is 21.5. The zero-order valence-corrected chi connectivity index (χ0v) is 8.65. The van der Waals surface area contributed by atoms with Crippen molar-refractivity contribution in [2.75, 3.05) is 13.7 Å². The Hall–Kier alpha value is 0.250. The maximum Gasteiger partial charge on any atom is 0.0462 e. The first-order valence-corrected chi connectivity index (χ1v) is 5.41. The highest BCUT2D eigenvalue weighted by molar-refractivity contribution is 6.20. The molecule has 1 aliphatic rings. The molecule has 1 atom stereocenters. The third kappa shape index (κ3) is 3.32. The molecular formula is C10H19ClO. The molecule has 72 valence electrons. The third-order valence-electron chi connectivity index (χ3n) is 2.74. The topological polar surface area (TPSA) is 9.23 Å². The molecule has 0 aromatic carbocycles. The van der Waals surface area contributed by atoms with Crippen LogP contribution in [0.1, 0.15) is 38.5 Å². The summed E-state index contributed by atoms with van der Waals surface area (Å²) < 4.78 is 5.00. The van der Waals surface area contributed by atoms with Crippen molar-refractivity contribution in [2.24, 2.45) is 5.92 Å². The van der Waals surface area contributed by atoms with Gasteiger partial charge < -0.3 is 4.74 Å². The molecule has 0 saturated heterocycles. The van der Waals surface area contributed by atoms with Crippen LogP contribution < -0.4 is 0 Å². The molecule has 1 fully saturated rings. The lowest BCUT2D eigenvalue weighted by atomic mass is 10.0. The predicted molar refractivity (Wildman–Crippen MR) is 52.7 cm³/mol. The van der Waals surface area contributed by atoms with Gasteiger partial charge in [-0.2, -0.15) is 0 Å². The first-order valence-electron chi connectivity index (χ1n) is 4.97. The Morgan fingerprint density at radius 1 is 1.42 bits per heavy atom. The molecule has 1 aliphatic carbocycles. The molecule has 2 heteroatoms. The van der Waals surface area contributed by atoms with Crippen LogP contribution in [0.5, 0.6) is 0 Å². The van der Waals surface area contributed by atoms with Crippen molar-refractivity contribution >= 4 is 11.6 Å². The number of hydrogen-bond donors (Lipinski definition) is 0. The Morgan fingerprint density at radius 2 is 2.08 bits per heavy atom. The number of hydrogen-bond acceptors (Lipinski definition) is 1. The van der Waals surface area contributed by atoms with Crippen LogP contribution in [0.25, 0.3) is 0 Å². The highest BCUT2D eigenvalue weighted by Gasteiger charge is 2.22. The molecule has 0 N–H and O–H groups in total. The van der Waals surface area contributed by atoms with E-state index in [1.54, 1.807) is 7.11 Å². The van der Waals surface area contributed by atoms with Crippen molar-refractivity contribution in [2.45, 2.75) is 43.9 Å². The van der Waals surface area contributed by atoms with Crippen LogP contribution in [0.15, 0.2) is 0 Å². The van der Waals surface area contributed by atoms with E-state index in [2.05, 4.69) is 0 Å². The van der Waals surface area contributed by atoms with E-state index in [4.69, 9.17) is 16.3 Å². The minimum atomic E-state index is 0.405. The van der Waals surface area contributed by atoms with Gasteiger partial charge in [-0.25, -0.2) is 0 Å². The molecule has 1 nitrogen and oxygen atoms in total. The van der Waals surface area contributed by atoms with Gasteiger partial charge in [0, 0.05) is 19.1 Å². The van der Waals surface area contributed by atoms with E-state index in [0.29, 0.717) is 5.38 Å². The maximum absolute atomic E-state index is 6.27. The smallest absolute Gasteiger partial charge is 0.0462 e. The van der Waals surface area contributed by atoms with Gasteiger partial charge in [0.1, 0.15) is 0 Å². The highest BCUT2D eigenvalue weighted by Crippen LogP contribution is 2.32. The number of halogens is 1. The SMILES string of the molecule is COCCCC(Cl)C1CCCC1. The fraction of sp³-hybridized carbons (Fsp3) is 1.00. The van der Waals surface area contributed by atoms with Gasteiger partial charge in [0.15, 0.2) is 0 Å². The average molecular weight is 191 g/mol. The quantitative estimate of drug-likeness (QED) is 0.478. The van der Waals surface area contributed by atoms with Crippen LogP contribution in [0.4, 0.5) is 0 Å². The summed E-state index contributed by atoms with van der Waals surface area (Å²) in [5.74, 6) is 0.795. The van der Waals surface area contributed by atoms with Crippen molar-refractivity contribution in [1.29, 1.82) is 0 Å². The lowest BCUT2D eigenvalue weighted by Gasteiger charge is -2.15. The Balaban J connectivity index is 2.05. The van der Waals surface area contributed by atoms with E-state index in [-0.39, 0.29) is 0 Å². The van der Waals surface area contributed by atoms with Crippen LogP contribution in [0, 0.1) is 5.92 Å². The van der Waals surface area contributed by atoms with Crippen LogP contribution >= 0.6 is 11.6 Å². The molecule has 0 spiro atoms. The molecule has 1 unspecified atom stereocenters. The summed E-state index contributed by atoms with van der Waals surface area (Å²) in [5.41, 5.74) is 0. The van der Waals surface area contributed by atoms with Crippen LogP contribution in [-0.4, -0.2) is 19.1 Å². The van der Waals surface area contributed by atoms with Gasteiger partial charge in [0.25, 0.3) is 0 Å². The fourth-order valence-corrected chi connectivity index (χ4v) is 2.38. The number of rotatable bonds is 5. The second kappa shape index (κ2) is 5.82. The van der Waals surface area contributed by atoms with Gasteiger partial charge in [-0.05, 0) is 31.6 Å². The zero-order valence-electron chi connectivity index (χ0n) is 7.89. The molecule has 0 aromatic heterocycles. The minimum absolute atomic E-state index is 0.405. The van der Waals surface area contributed by atoms with Crippen molar-refractivity contribution in [3.05, 3.63) is 0 Å². The Morgan fingerprint density at radius 3 is 2.67 bits per heavy atom. The van der Waals surface area contributed by atoms with Crippen LogP contribution in [-0.2, 0) is 4.74 Å². The molecule has 12 heavy (non-hydrogen) atoms. The maximum atomic E-state index is 6.27. The highest BCUT2D eigenvalue weighted by atomic mass is 35.5. The van der Waals surface area contributed by atoms with Crippen molar-refractivity contribution < 1.29 is 4.74 Å². The summed E-state index contributed by atoms with van der Waals surface area (Å²) in [4.78, 5) is 0. The van der Waals surface area contributed by atoms with E-state index in [1.807, 2.05) is 0 Å². The van der Waals surface area contributed by atoms with Gasteiger partial charge >= 0.3 is 0 Å². The molecule has 1 saturated carbocycles. The van der Waals surface area contributed by atoms with E-state index in [9.17, 15) is 0 Å². The molecule has 0 radical (unpaired) electrons. The van der Waals surface area contributed by atoms with Crippen molar-refractivity contribution in [3.8, 4) is 0 Å². The monoisotopic (exact) mass is 190 g/mol. The first-order chi connectivity index (χ1) is 5.84. The summed E-state index contributed by atoms with van der Waals surface area (Å²) in [6.45, 7) is 0.857. The number of alkyl halides is 1. The molecular weight excluding hydrogens is 172 g/mol. The van der Waals surface area contributed by atoms with Gasteiger partial charge in [0.05, 0.1) is 0 Å². The van der Waals surface area contributed by atoms with E-state index >= 15 is 0 Å². The number of ether oxygens (including phenoxy) is 1. The van der Waals surface area contributed by atoms with Crippen molar-refractivity contribution in [3.63, 3.8) is 0 Å². The van der Waals surface area contributed by atoms with Crippen LogP contribution in [0.3, 0.4) is 0 Å². The average Bonchev–Trinajstić information content (AvgIpc) is 2.56. The van der Waals surface area contributed by atoms with Crippen LogP contribution in [0.2, 0.25) is 0 Å². The summed E-state index contributed by atoms with van der Waals surface area (Å²) in [5, 5.41) is 0.405. The Bertz CT molecular complexity index is 110. The van der Waals surface area contributed by atoms with E-state index < -0.39 is 0 Å². The minimum Gasteiger partial charge on any atom is -0.385 e. The fourth-order valence-electron chi connectivity index (χ4n) is 1.98. The summed E-state index contributed by atoms with van der Waals surface area (Å²) in [7, 11) is 1.75. The van der Waals surface area contributed by atoms with E-state index in [0.717, 1.165) is 25.4 Å². The molecule has 1 rings (SSSR count). The van der Waals surface area contributed by atoms with Gasteiger partial charge in [-0.15, -0.1) is 11.6 Å². The number of methoxy groups -OCH3 is 1. The Kier molecular flexibility index (Phi) is 5.01. The second-order valence-electron chi connectivity index (χ2n) is 3.70. The summed E-state index contributed by atoms with van der Waals surface area (Å²) in [6, 6.07) is 0. The van der Waals surface area contributed by atoms with E-state index in [1.165, 1.54) is 25.7 Å². The molecule has 0 bridgehead atoms. The second-order valence-corrected chi connectivity index (χ2v) is 4.26. The lowest BCUT2D eigenvalue weighted by molar-refractivity contribution is 0.190. The largest absolute Gasteiger partial charge is 0.385 e. The standard InChI is InChI=1S/C10H19ClO/c1-12-8-4-7-10(11)9-5-2-3-6-9/h9-10H,2-8H2,1H3. The molecule has 0 aromatic rings.